The summed E-state index contributed by atoms with van der Waals surface area (Å²) in [6, 6.07) is 21.0. The van der Waals surface area contributed by atoms with Gasteiger partial charge in [-0.25, -0.2) is 0 Å². The van der Waals surface area contributed by atoms with Crippen molar-refractivity contribution < 1.29 is 25.5 Å². The molecule has 0 heterocycles. The van der Waals surface area contributed by atoms with Crippen LogP contribution in [-0.2, 0) is 0 Å². The highest BCUT2D eigenvalue weighted by Crippen LogP contribution is 2.18. The lowest BCUT2D eigenvalue weighted by Crippen LogP contribution is -2.09. The fraction of sp³-hybridized carbons (Fsp3) is 0.750. The van der Waals surface area contributed by atoms with Gasteiger partial charge >= 0.3 is 0 Å². The van der Waals surface area contributed by atoms with Gasteiger partial charge in [-0.05, 0) is 61.5 Å². The van der Waals surface area contributed by atoms with Crippen LogP contribution in [0.2, 0.25) is 0 Å². The van der Waals surface area contributed by atoms with Crippen LogP contribution in [0.25, 0.3) is 0 Å². The first-order valence-corrected chi connectivity index (χ1v) is 21.8. The summed E-state index contributed by atoms with van der Waals surface area (Å²) in [6.07, 6.45) is 17.8. The van der Waals surface area contributed by atoms with Gasteiger partial charge in [-0.3, -0.25) is 0 Å². The molecule has 320 valence electrons. The number of hydrogen-bond donors (Lipinski definition) is 5. The number of benzene rings is 2. The van der Waals surface area contributed by atoms with Gasteiger partial charge in [0.05, 0.1) is 18.3 Å². The first-order chi connectivity index (χ1) is 25.8. The fourth-order valence-electron chi connectivity index (χ4n) is 4.92. The van der Waals surface area contributed by atoms with Crippen LogP contribution in [0, 0.1) is 0 Å². The monoisotopic (exact) mass is 755 g/mol. The van der Waals surface area contributed by atoms with E-state index in [1.54, 1.807) is 0 Å². The Balaban J connectivity index is -0.0000000923. The van der Waals surface area contributed by atoms with Crippen LogP contribution in [-0.4, -0.2) is 58.1 Å². The van der Waals surface area contributed by atoms with E-state index >= 15 is 0 Å². The third-order valence-corrected chi connectivity index (χ3v) is 7.66. The molecule has 0 aromatic heterocycles. The van der Waals surface area contributed by atoms with Crippen molar-refractivity contribution in [1.29, 1.82) is 0 Å². The molecular weight excluding hydrogens is 657 g/mol. The van der Waals surface area contributed by atoms with E-state index in [9.17, 15) is 0 Å². The first kappa shape index (κ1) is 66.1. The molecule has 5 heteroatoms. The number of aliphatic hydroxyl groups excluding tert-OH is 5. The third kappa shape index (κ3) is 54.7. The lowest BCUT2D eigenvalue weighted by molar-refractivity contribution is 0.130. The van der Waals surface area contributed by atoms with Crippen LogP contribution in [0.1, 0.15) is 216 Å². The van der Waals surface area contributed by atoms with Gasteiger partial charge in [-0.15, -0.1) is 0 Å². The smallest absolute Gasteiger partial charge is 0.0540 e. The Morgan fingerprint density at radius 1 is 0.340 bits per heavy atom. The second-order valence-electron chi connectivity index (χ2n) is 12.0. The van der Waals surface area contributed by atoms with Crippen LogP contribution in [0.4, 0.5) is 0 Å². The van der Waals surface area contributed by atoms with Crippen molar-refractivity contribution in [2.24, 2.45) is 0 Å². The molecule has 3 aliphatic rings. The summed E-state index contributed by atoms with van der Waals surface area (Å²) < 4.78 is 0. The second kappa shape index (κ2) is 62.2. The van der Waals surface area contributed by atoms with E-state index < -0.39 is 0 Å². The topological polar surface area (TPSA) is 101 Å². The molecule has 3 fully saturated rings. The zero-order chi connectivity index (χ0) is 42.7. The van der Waals surface area contributed by atoms with Crippen molar-refractivity contribution in [3.8, 4) is 0 Å². The highest BCUT2D eigenvalue weighted by molar-refractivity contribution is 5.18. The SMILES string of the molecule is CC.CC.CC.CC.CC.CC(C)c1ccccc1.CC(C)c1ccccc1.CO.CO.OC1CCCCC1.OC1CCCCC1.OC1CCCCC1. The van der Waals surface area contributed by atoms with Crippen LogP contribution in [0.5, 0.6) is 0 Å². The molecule has 0 spiro atoms. The van der Waals surface area contributed by atoms with E-state index in [0.29, 0.717) is 11.8 Å². The van der Waals surface area contributed by atoms with Gasteiger partial charge in [-0.1, -0.05) is 215 Å². The second-order valence-corrected chi connectivity index (χ2v) is 12.0. The van der Waals surface area contributed by atoms with Gasteiger partial charge in [0.1, 0.15) is 0 Å². The zero-order valence-corrected chi connectivity index (χ0v) is 38.5. The molecule has 0 aliphatic heterocycles. The molecule has 2 aromatic rings. The van der Waals surface area contributed by atoms with E-state index in [4.69, 9.17) is 25.5 Å². The summed E-state index contributed by atoms with van der Waals surface area (Å²) in [4.78, 5) is 0. The molecular formula is C48H98O5. The Hall–Kier alpha value is -1.76. The molecule has 3 saturated carbocycles. The van der Waals surface area contributed by atoms with Gasteiger partial charge in [0.25, 0.3) is 0 Å². The van der Waals surface area contributed by atoms with Gasteiger partial charge < -0.3 is 25.5 Å². The lowest BCUT2D eigenvalue weighted by atomic mass is 9.98. The highest BCUT2D eigenvalue weighted by atomic mass is 16.3. The molecule has 5 N–H and O–H groups in total. The molecule has 53 heavy (non-hydrogen) atoms. The number of aliphatic hydroxyl groups is 5. The molecule has 5 nitrogen and oxygen atoms in total. The number of rotatable bonds is 2. The Bertz CT molecular complexity index is 683. The van der Waals surface area contributed by atoms with Crippen LogP contribution in [0.15, 0.2) is 60.7 Å². The minimum Gasteiger partial charge on any atom is -0.400 e. The zero-order valence-electron chi connectivity index (χ0n) is 38.5. The van der Waals surface area contributed by atoms with Crippen molar-refractivity contribution in [3.63, 3.8) is 0 Å². The average Bonchev–Trinajstić information content (AvgIpc) is 3.25. The Labute approximate surface area is 334 Å². The van der Waals surface area contributed by atoms with Crippen LogP contribution >= 0.6 is 0 Å². The van der Waals surface area contributed by atoms with Crippen molar-refractivity contribution in [3.05, 3.63) is 71.8 Å². The van der Waals surface area contributed by atoms with Crippen molar-refractivity contribution in [2.45, 2.75) is 223 Å². The predicted molar refractivity (Wildman–Crippen MR) is 241 cm³/mol. The first-order valence-electron chi connectivity index (χ1n) is 21.8. The van der Waals surface area contributed by atoms with Crippen molar-refractivity contribution in [2.75, 3.05) is 14.2 Å². The normalized spacial score (nSPS) is 14.2. The molecule has 2 aromatic carbocycles. The molecule has 0 amide bonds. The van der Waals surface area contributed by atoms with E-state index in [1.165, 1.54) is 68.9 Å². The lowest BCUT2D eigenvalue weighted by Gasteiger charge is -2.14. The summed E-state index contributed by atoms with van der Waals surface area (Å²) in [5.74, 6) is 1.32. The van der Waals surface area contributed by atoms with Gasteiger partial charge in [-0.2, -0.15) is 0 Å². The molecule has 0 radical (unpaired) electrons. The van der Waals surface area contributed by atoms with Crippen LogP contribution in [0.3, 0.4) is 0 Å². The van der Waals surface area contributed by atoms with Crippen molar-refractivity contribution in [1.82, 2.24) is 0 Å². The summed E-state index contributed by atoms with van der Waals surface area (Å²) >= 11 is 0. The standard InChI is InChI=1S/2C9H12.3C6H12O.5C2H6.2CH4O/c2*1-8(2)9-6-4-3-5-7-9;3*7-6-4-2-1-3-5-6;7*1-2/h2*3-8H,1-2H3;3*6-7H,1-5H2;5*1-2H3;2*2H,1H3. The quantitative estimate of drug-likeness (QED) is 0.210. The fourth-order valence-corrected chi connectivity index (χ4v) is 4.92. The molecule has 3 aliphatic carbocycles. The number of hydrogen-bond acceptors (Lipinski definition) is 5. The summed E-state index contributed by atoms with van der Waals surface area (Å²) in [5, 5.41) is 40.7. The van der Waals surface area contributed by atoms with E-state index in [1.807, 2.05) is 81.4 Å². The van der Waals surface area contributed by atoms with E-state index in [2.05, 4.69) is 76.2 Å². The van der Waals surface area contributed by atoms with Gasteiger partial charge in [0.2, 0.25) is 0 Å². The van der Waals surface area contributed by atoms with E-state index in [0.717, 1.165) is 52.7 Å². The summed E-state index contributed by atoms with van der Waals surface area (Å²) in [7, 11) is 2.00. The molecule has 0 atom stereocenters. The maximum absolute atomic E-state index is 8.91. The average molecular weight is 755 g/mol. The van der Waals surface area contributed by atoms with E-state index in [-0.39, 0.29) is 18.3 Å². The molecule has 5 rings (SSSR count). The summed E-state index contributed by atoms with van der Waals surface area (Å²) in [5.41, 5.74) is 2.83. The molecule has 0 unspecified atom stereocenters. The Morgan fingerprint density at radius 3 is 0.604 bits per heavy atom. The van der Waals surface area contributed by atoms with Gasteiger partial charge in [0.15, 0.2) is 0 Å². The predicted octanol–water partition coefficient (Wildman–Crippen LogP) is 13.9. The Morgan fingerprint density at radius 2 is 0.509 bits per heavy atom. The minimum absolute atomic E-state index is 0.0359. The van der Waals surface area contributed by atoms with Crippen LogP contribution < -0.4 is 0 Å². The van der Waals surface area contributed by atoms with Gasteiger partial charge in [0, 0.05) is 14.2 Å². The van der Waals surface area contributed by atoms with Crippen molar-refractivity contribution >= 4 is 0 Å². The molecule has 0 saturated heterocycles. The third-order valence-electron chi connectivity index (χ3n) is 7.66. The maximum Gasteiger partial charge on any atom is 0.0540 e. The minimum atomic E-state index is 0.0359. The molecule has 0 bridgehead atoms. The maximum atomic E-state index is 8.91. The Kier molecular flexibility index (Phi) is 77.6. The largest absolute Gasteiger partial charge is 0.400 e. The summed E-state index contributed by atoms with van der Waals surface area (Å²) in [6.45, 7) is 28.8. The highest BCUT2D eigenvalue weighted by Gasteiger charge is 2.09.